The molecule has 1 aromatic carbocycles. The molecule has 0 saturated heterocycles. The van der Waals surface area contributed by atoms with E-state index in [0.717, 1.165) is 5.56 Å². The van der Waals surface area contributed by atoms with Crippen LogP contribution in [0.2, 0.25) is 0 Å². The lowest BCUT2D eigenvalue weighted by atomic mass is 10.1. The fourth-order valence-corrected chi connectivity index (χ4v) is 2.44. The second-order valence-corrected chi connectivity index (χ2v) is 5.91. The number of anilines is 1. The zero-order chi connectivity index (χ0) is 17.1. The SMILES string of the molecule is Cc1cc(C)c([N+](=O)[O-])cc1NC(=S)NC(=O)c1ccc(Br)o1. The van der Waals surface area contributed by atoms with Crippen molar-refractivity contribution in [3.05, 3.63) is 55.9 Å². The van der Waals surface area contributed by atoms with E-state index in [-0.39, 0.29) is 16.6 Å². The van der Waals surface area contributed by atoms with Crippen molar-refractivity contribution in [3.63, 3.8) is 0 Å². The van der Waals surface area contributed by atoms with Crippen molar-refractivity contribution < 1.29 is 14.1 Å². The van der Waals surface area contributed by atoms with E-state index in [1.54, 1.807) is 26.0 Å². The smallest absolute Gasteiger partial charge is 0.293 e. The van der Waals surface area contributed by atoms with Crippen LogP contribution in [0.4, 0.5) is 11.4 Å². The van der Waals surface area contributed by atoms with Gasteiger partial charge >= 0.3 is 0 Å². The van der Waals surface area contributed by atoms with Gasteiger partial charge in [0, 0.05) is 11.6 Å². The summed E-state index contributed by atoms with van der Waals surface area (Å²) in [6.07, 6.45) is 0. The van der Waals surface area contributed by atoms with E-state index in [2.05, 4.69) is 26.6 Å². The Hall–Kier alpha value is -2.26. The molecule has 1 aromatic heterocycles. The highest BCUT2D eigenvalue weighted by molar-refractivity contribution is 9.10. The molecule has 120 valence electrons. The number of benzene rings is 1. The molecule has 0 spiro atoms. The molecule has 9 heteroatoms. The summed E-state index contributed by atoms with van der Waals surface area (Å²) in [7, 11) is 0. The van der Waals surface area contributed by atoms with Gasteiger partial charge in [-0.15, -0.1) is 0 Å². The quantitative estimate of drug-likeness (QED) is 0.465. The third-order valence-electron chi connectivity index (χ3n) is 3.01. The molecule has 1 amide bonds. The van der Waals surface area contributed by atoms with Crippen LogP contribution in [-0.4, -0.2) is 15.9 Å². The number of hydrogen-bond donors (Lipinski definition) is 2. The average Bonchev–Trinajstić information content (AvgIpc) is 2.88. The van der Waals surface area contributed by atoms with Gasteiger partial charge in [-0.05, 0) is 65.8 Å². The number of thiocarbonyl (C=S) groups is 1. The molecule has 0 aliphatic carbocycles. The molecule has 0 unspecified atom stereocenters. The molecule has 0 fully saturated rings. The van der Waals surface area contributed by atoms with Crippen molar-refractivity contribution in [1.82, 2.24) is 5.32 Å². The van der Waals surface area contributed by atoms with Crippen LogP contribution in [0.1, 0.15) is 21.7 Å². The molecule has 1 heterocycles. The molecule has 0 aliphatic rings. The number of amides is 1. The van der Waals surface area contributed by atoms with Gasteiger partial charge in [0.05, 0.1) is 10.6 Å². The second-order valence-electron chi connectivity index (χ2n) is 4.72. The van der Waals surface area contributed by atoms with Crippen molar-refractivity contribution in [2.24, 2.45) is 0 Å². The fraction of sp³-hybridized carbons (Fsp3) is 0.143. The standard InChI is InChI=1S/C14H12BrN3O4S/c1-7-5-8(2)10(18(20)21)6-9(7)16-14(23)17-13(19)11-3-4-12(15)22-11/h3-6H,1-2H3,(H2,16,17,19,23). The first-order valence-electron chi connectivity index (χ1n) is 6.41. The Balaban J connectivity index is 2.12. The summed E-state index contributed by atoms with van der Waals surface area (Å²) in [4.78, 5) is 22.4. The van der Waals surface area contributed by atoms with Crippen LogP contribution in [0.3, 0.4) is 0 Å². The maximum Gasteiger partial charge on any atom is 0.293 e. The van der Waals surface area contributed by atoms with Crippen molar-refractivity contribution >= 4 is 50.5 Å². The fourth-order valence-electron chi connectivity index (χ4n) is 1.93. The van der Waals surface area contributed by atoms with Crippen LogP contribution in [0.5, 0.6) is 0 Å². The van der Waals surface area contributed by atoms with E-state index in [0.29, 0.717) is 15.9 Å². The van der Waals surface area contributed by atoms with Crippen LogP contribution < -0.4 is 10.6 Å². The van der Waals surface area contributed by atoms with E-state index < -0.39 is 10.8 Å². The van der Waals surface area contributed by atoms with Crippen molar-refractivity contribution in [2.45, 2.75) is 13.8 Å². The predicted octanol–water partition coefficient (Wildman–Crippen LogP) is 3.69. The zero-order valence-electron chi connectivity index (χ0n) is 12.2. The topological polar surface area (TPSA) is 97.4 Å². The number of nitrogens with one attached hydrogen (secondary N) is 2. The first-order chi connectivity index (χ1) is 10.8. The van der Waals surface area contributed by atoms with Gasteiger partial charge < -0.3 is 9.73 Å². The minimum atomic E-state index is -0.521. The van der Waals surface area contributed by atoms with Crippen LogP contribution in [0, 0.1) is 24.0 Å². The summed E-state index contributed by atoms with van der Waals surface area (Å²) in [6, 6.07) is 6.13. The van der Waals surface area contributed by atoms with Crippen molar-refractivity contribution in [3.8, 4) is 0 Å². The molecule has 23 heavy (non-hydrogen) atoms. The minimum Gasteiger partial charge on any atom is -0.444 e. The first kappa shape index (κ1) is 17.1. The number of furan rings is 1. The summed E-state index contributed by atoms with van der Waals surface area (Å²) in [5.41, 5.74) is 1.74. The molecule has 7 nitrogen and oxygen atoms in total. The number of rotatable bonds is 3. The number of hydrogen-bond acceptors (Lipinski definition) is 5. The largest absolute Gasteiger partial charge is 0.444 e. The lowest BCUT2D eigenvalue weighted by Gasteiger charge is -2.12. The normalized spacial score (nSPS) is 10.2. The lowest BCUT2D eigenvalue weighted by Crippen LogP contribution is -2.34. The van der Waals surface area contributed by atoms with Crippen LogP contribution in [0.25, 0.3) is 0 Å². The Morgan fingerprint density at radius 3 is 2.57 bits per heavy atom. The molecule has 0 saturated carbocycles. The number of nitro benzene ring substituents is 1. The first-order valence-corrected chi connectivity index (χ1v) is 7.61. The van der Waals surface area contributed by atoms with E-state index in [1.165, 1.54) is 12.1 Å². The molecule has 2 rings (SSSR count). The third kappa shape index (κ3) is 4.14. The van der Waals surface area contributed by atoms with Gasteiger partial charge in [0.25, 0.3) is 11.6 Å². The van der Waals surface area contributed by atoms with Crippen molar-refractivity contribution in [1.29, 1.82) is 0 Å². The number of carbonyl (C=O) groups excluding carboxylic acids is 1. The van der Waals surface area contributed by atoms with Gasteiger partial charge in [-0.3, -0.25) is 20.2 Å². The Morgan fingerprint density at radius 1 is 1.30 bits per heavy atom. The van der Waals surface area contributed by atoms with Crippen LogP contribution >= 0.6 is 28.1 Å². The maximum absolute atomic E-state index is 11.9. The Labute approximate surface area is 145 Å². The summed E-state index contributed by atoms with van der Waals surface area (Å²) in [5.74, 6) is -0.430. The zero-order valence-corrected chi connectivity index (χ0v) is 14.6. The highest BCUT2D eigenvalue weighted by Crippen LogP contribution is 2.26. The highest BCUT2D eigenvalue weighted by atomic mass is 79.9. The summed E-state index contributed by atoms with van der Waals surface area (Å²) in [6.45, 7) is 3.44. The van der Waals surface area contributed by atoms with E-state index in [4.69, 9.17) is 16.6 Å². The summed E-state index contributed by atoms with van der Waals surface area (Å²) >= 11 is 8.15. The van der Waals surface area contributed by atoms with Crippen LogP contribution in [-0.2, 0) is 0 Å². The van der Waals surface area contributed by atoms with E-state index in [9.17, 15) is 14.9 Å². The molecule has 2 aromatic rings. The Kier molecular flexibility index (Phi) is 5.12. The molecule has 0 bridgehead atoms. The molecule has 0 aliphatic heterocycles. The predicted molar refractivity (Wildman–Crippen MR) is 92.7 cm³/mol. The number of carbonyl (C=O) groups is 1. The number of aryl methyl sites for hydroxylation is 2. The Bertz CT molecular complexity index is 803. The number of nitrogens with zero attached hydrogens (tertiary/aromatic N) is 1. The number of nitro groups is 1. The highest BCUT2D eigenvalue weighted by Gasteiger charge is 2.16. The van der Waals surface area contributed by atoms with Crippen LogP contribution in [0.15, 0.2) is 33.4 Å². The van der Waals surface area contributed by atoms with Gasteiger partial charge in [0.15, 0.2) is 15.5 Å². The average molecular weight is 398 g/mol. The molecular weight excluding hydrogens is 386 g/mol. The molecular formula is C14H12BrN3O4S. The van der Waals surface area contributed by atoms with E-state index in [1.807, 2.05) is 0 Å². The summed E-state index contributed by atoms with van der Waals surface area (Å²) < 4.78 is 5.54. The third-order valence-corrected chi connectivity index (χ3v) is 3.64. The van der Waals surface area contributed by atoms with Gasteiger partial charge in [-0.2, -0.15) is 0 Å². The second kappa shape index (κ2) is 6.88. The number of halogens is 1. The monoisotopic (exact) mass is 397 g/mol. The summed E-state index contributed by atoms with van der Waals surface area (Å²) in [5, 5.41) is 16.2. The molecule has 2 N–H and O–H groups in total. The van der Waals surface area contributed by atoms with Gasteiger partial charge in [0.1, 0.15) is 0 Å². The van der Waals surface area contributed by atoms with Gasteiger partial charge in [-0.1, -0.05) is 0 Å². The lowest BCUT2D eigenvalue weighted by molar-refractivity contribution is -0.385. The van der Waals surface area contributed by atoms with Gasteiger partial charge in [0.2, 0.25) is 0 Å². The van der Waals surface area contributed by atoms with Crippen molar-refractivity contribution in [2.75, 3.05) is 5.32 Å². The van der Waals surface area contributed by atoms with Gasteiger partial charge in [-0.25, -0.2) is 0 Å². The minimum absolute atomic E-state index is 0.0174. The molecule has 0 radical (unpaired) electrons. The van der Waals surface area contributed by atoms with E-state index >= 15 is 0 Å². The maximum atomic E-state index is 11.9. The molecule has 0 atom stereocenters. The Morgan fingerprint density at radius 2 is 2.00 bits per heavy atom.